The first-order chi connectivity index (χ1) is 5.25. The van der Waals surface area contributed by atoms with E-state index in [9.17, 15) is 4.79 Å². The first-order valence-electron chi connectivity index (χ1n) is 3.90. The van der Waals surface area contributed by atoms with Gasteiger partial charge in [-0.05, 0) is 19.8 Å². The van der Waals surface area contributed by atoms with E-state index < -0.39 is 5.97 Å². The Morgan fingerprint density at radius 2 is 2.00 bits per heavy atom. The van der Waals surface area contributed by atoms with Crippen LogP contribution in [0.3, 0.4) is 0 Å². The third-order valence-corrected chi connectivity index (χ3v) is 1.94. The maximum Gasteiger partial charge on any atom is 0.351 e. The van der Waals surface area contributed by atoms with Crippen LogP contribution >= 0.6 is 0 Å². The van der Waals surface area contributed by atoms with Crippen LogP contribution in [0.2, 0.25) is 0 Å². The largest absolute Gasteiger partial charge is 0.477 e. The zero-order valence-corrected chi connectivity index (χ0v) is 6.71. The van der Waals surface area contributed by atoms with Crippen molar-refractivity contribution in [1.82, 2.24) is 4.90 Å². The number of nitrogens with zero attached hydrogens (tertiary/aromatic N) is 1. The van der Waals surface area contributed by atoms with E-state index in [0.29, 0.717) is 5.70 Å². The van der Waals surface area contributed by atoms with E-state index in [0.717, 1.165) is 25.9 Å². The van der Waals surface area contributed by atoms with Gasteiger partial charge >= 0.3 is 5.97 Å². The maximum absolute atomic E-state index is 10.6. The van der Waals surface area contributed by atoms with Gasteiger partial charge < -0.3 is 10.0 Å². The molecule has 1 fully saturated rings. The summed E-state index contributed by atoms with van der Waals surface area (Å²) in [6.45, 7) is 3.56. The molecule has 1 N–H and O–H groups in total. The predicted molar refractivity (Wildman–Crippen MR) is 42.2 cm³/mol. The molecule has 1 aliphatic heterocycles. The molecule has 3 heteroatoms. The van der Waals surface area contributed by atoms with Crippen LogP contribution in [0.1, 0.15) is 19.8 Å². The van der Waals surface area contributed by atoms with Crippen molar-refractivity contribution < 1.29 is 9.90 Å². The van der Waals surface area contributed by atoms with Gasteiger partial charge in [0.15, 0.2) is 0 Å². The highest BCUT2D eigenvalue weighted by Gasteiger charge is 2.18. The monoisotopic (exact) mass is 155 g/mol. The summed E-state index contributed by atoms with van der Waals surface area (Å²) in [5, 5.41) is 8.72. The van der Waals surface area contributed by atoms with Crippen LogP contribution in [0.15, 0.2) is 11.8 Å². The zero-order chi connectivity index (χ0) is 8.27. The molecular formula is C8H13NO2. The summed E-state index contributed by atoms with van der Waals surface area (Å²) >= 11 is 0. The summed E-state index contributed by atoms with van der Waals surface area (Å²) in [4.78, 5) is 12.5. The van der Waals surface area contributed by atoms with E-state index in [4.69, 9.17) is 5.11 Å². The highest BCUT2D eigenvalue weighted by Crippen LogP contribution is 2.14. The van der Waals surface area contributed by atoms with E-state index in [2.05, 4.69) is 0 Å². The van der Waals surface area contributed by atoms with Crippen LogP contribution in [-0.4, -0.2) is 29.1 Å². The molecule has 0 aliphatic carbocycles. The van der Waals surface area contributed by atoms with Crippen molar-refractivity contribution in [1.29, 1.82) is 0 Å². The van der Waals surface area contributed by atoms with E-state index in [-0.39, 0.29) is 0 Å². The lowest BCUT2D eigenvalue weighted by atomic mass is 10.3. The summed E-state index contributed by atoms with van der Waals surface area (Å²) in [6, 6.07) is 0. The zero-order valence-electron chi connectivity index (χ0n) is 6.71. The molecule has 0 aromatic carbocycles. The molecule has 0 aromatic rings. The minimum atomic E-state index is -0.811. The summed E-state index contributed by atoms with van der Waals surface area (Å²) < 4.78 is 0. The average Bonchev–Trinajstić information content (AvgIpc) is 2.40. The fraction of sp³-hybridized carbons (Fsp3) is 0.625. The highest BCUT2D eigenvalue weighted by molar-refractivity contribution is 5.85. The van der Waals surface area contributed by atoms with Crippen LogP contribution in [0.5, 0.6) is 0 Å². The quantitative estimate of drug-likeness (QED) is 0.606. The van der Waals surface area contributed by atoms with Gasteiger partial charge in [-0.25, -0.2) is 4.79 Å². The van der Waals surface area contributed by atoms with Crippen LogP contribution in [0, 0.1) is 0 Å². The number of carbonyl (C=O) groups is 1. The minimum Gasteiger partial charge on any atom is -0.477 e. The Kier molecular flexibility index (Phi) is 2.52. The number of allylic oxidation sites excluding steroid dienone is 1. The third kappa shape index (κ3) is 1.73. The molecule has 0 saturated carbocycles. The number of aliphatic carboxylic acids is 1. The second-order valence-corrected chi connectivity index (χ2v) is 2.67. The molecule has 62 valence electrons. The van der Waals surface area contributed by atoms with Crippen molar-refractivity contribution >= 4 is 5.97 Å². The molecule has 0 atom stereocenters. The summed E-state index contributed by atoms with van der Waals surface area (Å²) in [7, 11) is 0. The first kappa shape index (κ1) is 8.11. The number of likely N-dealkylation sites (tertiary alicyclic amines) is 1. The van der Waals surface area contributed by atoms with E-state index in [1.54, 1.807) is 13.0 Å². The Hall–Kier alpha value is -0.990. The predicted octanol–water partition coefficient (Wildman–Crippen LogP) is 1.07. The van der Waals surface area contributed by atoms with Crippen molar-refractivity contribution in [2.75, 3.05) is 13.1 Å². The van der Waals surface area contributed by atoms with Crippen molar-refractivity contribution in [3.63, 3.8) is 0 Å². The van der Waals surface area contributed by atoms with E-state index in [1.807, 2.05) is 4.90 Å². The number of rotatable bonds is 2. The number of hydrogen-bond acceptors (Lipinski definition) is 2. The van der Waals surface area contributed by atoms with Gasteiger partial charge in [0.05, 0.1) is 0 Å². The van der Waals surface area contributed by atoms with E-state index >= 15 is 0 Å². The number of hydrogen-bond donors (Lipinski definition) is 1. The SMILES string of the molecule is CC=C(C(=O)O)N1CCCC1. The minimum absolute atomic E-state index is 0.447. The van der Waals surface area contributed by atoms with Gasteiger partial charge in [-0.1, -0.05) is 6.08 Å². The first-order valence-corrected chi connectivity index (χ1v) is 3.90. The molecule has 0 aromatic heterocycles. The van der Waals surface area contributed by atoms with Gasteiger partial charge in [-0.2, -0.15) is 0 Å². The van der Waals surface area contributed by atoms with Crippen molar-refractivity contribution in [2.24, 2.45) is 0 Å². The van der Waals surface area contributed by atoms with Gasteiger partial charge in [-0.15, -0.1) is 0 Å². The van der Waals surface area contributed by atoms with E-state index in [1.165, 1.54) is 0 Å². The molecule has 1 aliphatic rings. The van der Waals surface area contributed by atoms with Crippen LogP contribution in [0.25, 0.3) is 0 Å². The molecule has 0 amide bonds. The lowest BCUT2D eigenvalue weighted by molar-refractivity contribution is -0.134. The summed E-state index contributed by atoms with van der Waals surface area (Å²) in [5.74, 6) is -0.811. The molecule has 1 saturated heterocycles. The second-order valence-electron chi connectivity index (χ2n) is 2.67. The Bertz CT molecular complexity index is 181. The lowest BCUT2D eigenvalue weighted by Gasteiger charge is -2.16. The number of carboxylic acid groups (broad SMARTS) is 1. The van der Waals surface area contributed by atoms with Crippen LogP contribution < -0.4 is 0 Å². The molecule has 1 heterocycles. The summed E-state index contributed by atoms with van der Waals surface area (Å²) in [6.07, 6.45) is 3.89. The van der Waals surface area contributed by atoms with Gasteiger partial charge in [-0.3, -0.25) is 0 Å². The maximum atomic E-state index is 10.6. The lowest BCUT2D eigenvalue weighted by Crippen LogP contribution is -2.23. The molecule has 1 rings (SSSR count). The fourth-order valence-corrected chi connectivity index (χ4v) is 1.40. The Morgan fingerprint density at radius 1 is 1.45 bits per heavy atom. The average molecular weight is 155 g/mol. The fourth-order valence-electron chi connectivity index (χ4n) is 1.40. The molecule has 0 spiro atoms. The van der Waals surface area contributed by atoms with Crippen molar-refractivity contribution in [2.45, 2.75) is 19.8 Å². The van der Waals surface area contributed by atoms with Crippen molar-refractivity contribution in [3.05, 3.63) is 11.8 Å². The molecular weight excluding hydrogens is 142 g/mol. The normalized spacial score (nSPS) is 19.0. The van der Waals surface area contributed by atoms with Gasteiger partial charge in [0.25, 0.3) is 0 Å². The number of carboxylic acids is 1. The highest BCUT2D eigenvalue weighted by atomic mass is 16.4. The smallest absolute Gasteiger partial charge is 0.351 e. The second kappa shape index (κ2) is 3.42. The topological polar surface area (TPSA) is 40.5 Å². The molecule has 0 radical (unpaired) electrons. The van der Waals surface area contributed by atoms with Gasteiger partial charge in [0.1, 0.15) is 5.70 Å². The van der Waals surface area contributed by atoms with Crippen LogP contribution in [-0.2, 0) is 4.79 Å². The van der Waals surface area contributed by atoms with Gasteiger partial charge in [0, 0.05) is 13.1 Å². The Balaban J connectivity index is 2.62. The molecule has 0 bridgehead atoms. The Morgan fingerprint density at radius 3 is 2.36 bits per heavy atom. The Labute approximate surface area is 66.3 Å². The molecule has 11 heavy (non-hydrogen) atoms. The summed E-state index contributed by atoms with van der Waals surface area (Å²) in [5.41, 5.74) is 0.447. The molecule has 3 nitrogen and oxygen atoms in total. The van der Waals surface area contributed by atoms with Crippen LogP contribution in [0.4, 0.5) is 0 Å². The van der Waals surface area contributed by atoms with Gasteiger partial charge in [0.2, 0.25) is 0 Å². The third-order valence-electron chi connectivity index (χ3n) is 1.94. The standard InChI is InChI=1S/C8H13NO2/c1-2-7(8(10)11)9-5-3-4-6-9/h2H,3-6H2,1H3,(H,10,11). The molecule has 0 unspecified atom stereocenters. The van der Waals surface area contributed by atoms with Crippen molar-refractivity contribution in [3.8, 4) is 0 Å².